The Kier molecular flexibility index (Phi) is 3.28. The first-order valence-electron chi connectivity index (χ1n) is 4.06. The Hall–Kier alpha value is -1.32. The molecule has 0 bridgehead atoms. The summed E-state index contributed by atoms with van der Waals surface area (Å²) in [6.45, 7) is 1.28. The molecular formula is C10H9F3O. The molecule has 1 nitrogen and oxygen atoms in total. The Labute approximate surface area is 79.5 Å². The van der Waals surface area contributed by atoms with E-state index in [0.29, 0.717) is 0 Å². The van der Waals surface area contributed by atoms with Crippen molar-refractivity contribution >= 4 is 5.78 Å². The van der Waals surface area contributed by atoms with Crippen molar-refractivity contribution in [1.29, 1.82) is 0 Å². The molecule has 0 atom stereocenters. The van der Waals surface area contributed by atoms with Crippen molar-refractivity contribution in [3.05, 3.63) is 35.1 Å². The molecule has 0 aromatic heterocycles. The predicted molar refractivity (Wildman–Crippen MR) is 45.7 cm³/mol. The van der Waals surface area contributed by atoms with Gasteiger partial charge in [0.05, 0.1) is 0 Å². The van der Waals surface area contributed by atoms with Crippen molar-refractivity contribution < 1.29 is 18.0 Å². The van der Waals surface area contributed by atoms with Crippen molar-refractivity contribution in [2.75, 3.05) is 0 Å². The topological polar surface area (TPSA) is 17.1 Å². The summed E-state index contributed by atoms with van der Waals surface area (Å²) in [7, 11) is 0. The molecule has 14 heavy (non-hydrogen) atoms. The van der Waals surface area contributed by atoms with Gasteiger partial charge in [-0.05, 0) is 24.6 Å². The Morgan fingerprint density at radius 2 is 2.07 bits per heavy atom. The summed E-state index contributed by atoms with van der Waals surface area (Å²) in [5, 5.41) is 0. The highest BCUT2D eigenvalue weighted by Gasteiger charge is 2.14. The quantitative estimate of drug-likeness (QED) is 0.736. The van der Waals surface area contributed by atoms with Crippen LogP contribution >= 0.6 is 0 Å². The zero-order chi connectivity index (χ0) is 10.7. The number of halogens is 3. The van der Waals surface area contributed by atoms with E-state index in [1.54, 1.807) is 0 Å². The minimum absolute atomic E-state index is 0.0625. The van der Waals surface area contributed by atoms with Gasteiger partial charge in [0.1, 0.15) is 11.6 Å². The fourth-order valence-electron chi connectivity index (χ4n) is 1.21. The second-order valence-corrected chi connectivity index (χ2v) is 3.02. The van der Waals surface area contributed by atoms with E-state index >= 15 is 0 Å². The number of hydrogen-bond donors (Lipinski definition) is 0. The average molecular weight is 202 g/mol. The van der Waals surface area contributed by atoms with Crippen molar-refractivity contribution in [2.45, 2.75) is 19.8 Å². The maximum Gasteiger partial charge on any atom is 0.264 e. The average Bonchev–Trinajstić information content (AvgIpc) is 2.01. The monoisotopic (exact) mass is 202 g/mol. The highest BCUT2D eigenvalue weighted by Crippen LogP contribution is 2.24. The first-order chi connectivity index (χ1) is 6.50. The lowest BCUT2D eigenvalue weighted by atomic mass is 10.0. The van der Waals surface area contributed by atoms with Crippen molar-refractivity contribution in [3.8, 4) is 0 Å². The molecule has 1 aromatic carbocycles. The van der Waals surface area contributed by atoms with Gasteiger partial charge in [-0.3, -0.25) is 4.79 Å². The number of hydrogen-bond acceptors (Lipinski definition) is 1. The van der Waals surface area contributed by atoms with Gasteiger partial charge >= 0.3 is 0 Å². The van der Waals surface area contributed by atoms with Gasteiger partial charge in [-0.15, -0.1) is 0 Å². The molecule has 0 spiro atoms. The van der Waals surface area contributed by atoms with E-state index in [1.807, 2.05) is 0 Å². The fourth-order valence-corrected chi connectivity index (χ4v) is 1.21. The lowest BCUT2D eigenvalue weighted by Gasteiger charge is -2.06. The first kappa shape index (κ1) is 10.8. The smallest absolute Gasteiger partial charge is 0.264 e. The molecule has 0 amide bonds. The van der Waals surface area contributed by atoms with Gasteiger partial charge in [0.2, 0.25) is 0 Å². The summed E-state index contributed by atoms with van der Waals surface area (Å²) in [5.74, 6) is -0.872. The van der Waals surface area contributed by atoms with E-state index in [4.69, 9.17) is 0 Å². The maximum absolute atomic E-state index is 12.7. The van der Waals surface area contributed by atoms with Crippen LogP contribution in [0.1, 0.15) is 24.5 Å². The molecule has 0 saturated heterocycles. The second kappa shape index (κ2) is 4.26. The molecule has 0 heterocycles. The molecule has 0 fully saturated rings. The second-order valence-electron chi connectivity index (χ2n) is 3.02. The summed E-state index contributed by atoms with van der Waals surface area (Å²) in [4.78, 5) is 10.7. The third-order valence-electron chi connectivity index (χ3n) is 1.78. The first-order valence-corrected chi connectivity index (χ1v) is 4.06. The van der Waals surface area contributed by atoms with Crippen LogP contribution < -0.4 is 0 Å². The van der Waals surface area contributed by atoms with Gasteiger partial charge < -0.3 is 0 Å². The minimum atomic E-state index is -2.68. The maximum atomic E-state index is 12.7. The van der Waals surface area contributed by atoms with E-state index < -0.39 is 12.2 Å². The van der Waals surface area contributed by atoms with Crippen LogP contribution in [-0.4, -0.2) is 5.78 Å². The van der Waals surface area contributed by atoms with E-state index in [1.165, 1.54) is 6.92 Å². The Bertz CT molecular complexity index is 347. The number of carbonyl (C=O) groups excluding carboxylic acids is 1. The van der Waals surface area contributed by atoms with E-state index in [2.05, 4.69) is 0 Å². The SMILES string of the molecule is CC(=O)Cc1cc(F)ccc1C(F)F. The molecule has 0 saturated carbocycles. The molecule has 4 heteroatoms. The van der Waals surface area contributed by atoms with Crippen molar-refractivity contribution in [1.82, 2.24) is 0 Å². The fraction of sp³-hybridized carbons (Fsp3) is 0.300. The van der Waals surface area contributed by atoms with Crippen molar-refractivity contribution in [2.24, 2.45) is 0 Å². The van der Waals surface area contributed by atoms with Crippen LogP contribution in [0, 0.1) is 5.82 Å². The van der Waals surface area contributed by atoms with Gasteiger partial charge in [0.15, 0.2) is 0 Å². The van der Waals surface area contributed by atoms with Gasteiger partial charge in [0.25, 0.3) is 6.43 Å². The van der Waals surface area contributed by atoms with Crippen molar-refractivity contribution in [3.63, 3.8) is 0 Å². The largest absolute Gasteiger partial charge is 0.300 e. The Morgan fingerprint density at radius 3 is 2.57 bits per heavy atom. The highest BCUT2D eigenvalue weighted by atomic mass is 19.3. The van der Waals surface area contributed by atoms with Gasteiger partial charge in [-0.1, -0.05) is 6.07 Å². The molecule has 0 unspecified atom stereocenters. The molecule has 1 rings (SSSR count). The minimum Gasteiger partial charge on any atom is -0.300 e. The molecule has 76 valence electrons. The van der Waals surface area contributed by atoms with E-state index in [9.17, 15) is 18.0 Å². The predicted octanol–water partition coefficient (Wildman–Crippen LogP) is 2.89. The molecule has 0 aliphatic carbocycles. The summed E-state index contributed by atoms with van der Waals surface area (Å²) in [6.07, 6.45) is -2.83. The van der Waals surface area contributed by atoms with Crippen LogP contribution in [-0.2, 0) is 11.2 Å². The van der Waals surface area contributed by atoms with Crippen LogP contribution in [0.5, 0.6) is 0 Å². The standard InChI is InChI=1S/C10H9F3O/c1-6(14)4-7-5-8(11)2-3-9(7)10(12)13/h2-3,5,10H,4H2,1H3. The summed E-state index contributed by atoms with van der Waals surface area (Å²) < 4.78 is 37.5. The Morgan fingerprint density at radius 1 is 1.43 bits per heavy atom. The lowest BCUT2D eigenvalue weighted by Crippen LogP contribution is -2.02. The number of ketones is 1. The molecular weight excluding hydrogens is 193 g/mol. The van der Waals surface area contributed by atoms with Crippen LogP contribution in [0.3, 0.4) is 0 Å². The number of alkyl halides is 2. The van der Waals surface area contributed by atoms with Gasteiger partial charge in [-0.25, -0.2) is 13.2 Å². The van der Waals surface area contributed by atoms with Gasteiger partial charge in [0, 0.05) is 12.0 Å². The van der Waals surface area contributed by atoms with Gasteiger partial charge in [-0.2, -0.15) is 0 Å². The summed E-state index contributed by atoms with van der Waals surface area (Å²) in [5.41, 5.74) is -0.214. The van der Waals surface area contributed by atoms with Crippen LogP contribution in [0.15, 0.2) is 18.2 Å². The molecule has 1 aromatic rings. The number of Topliss-reactive ketones (excluding diaryl/α,β-unsaturated/α-hetero) is 1. The number of rotatable bonds is 3. The highest BCUT2D eigenvalue weighted by molar-refractivity contribution is 5.78. The van der Waals surface area contributed by atoms with Crippen LogP contribution in [0.4, 0.5) is 13.2 Å². The van der Waals surface area contributed by atoms with E-state index in [0.717, 1.165) is 18.2 Å². The van der Waals surface area contributed by atoms with E-state index in [-0.39, 0.29) is 23.3 Å². The summed E-state index contributed by atoms with van der Waals surface area (Å²) >= 11 is 0. The number of benzene rings is 1. The molecule has 0 radical (unpaired) electrons. The summed E-state index contributed by atoms with van der Waals surface area (Å²) in [6, 6.07) is 2.95. The zero-order valence-corrected chi connectivity index (χ0v) is 7.56. The van der Waals surface area contributed by atoms with Crippen LogP contribution in [0.2, 0.25) is 0 Å². The lowest BCUT2D eigenvalue weighted by molar-refractivity contribution is -0.116. The third kappa shape index (κ3) is 2.58. The third-order valence-corrected chi connectivity index (χ3v) is 1.78. The normalized spacial score (nSPS) is 10.6. The molecule has 0 aliphatic rings. The Balaban J connectivity index is 3.09. The molecule has 0 aliphatic heterocycles. The number of carbonyl (C=O) groups is 1. The zero-order valence-electron chi connectivity index (χ0n) is 7.56. The van der Waals surface area contributed by atoms with Crippen LogP contribution in [0.25, 0.3) is 0 Å². The molecule has 0 N–H and O–H groups in total.